The lowest BCUT2D eigenvalue weighted by Crippen LogP contribution is -2.41. The summed E-state index contributed by atoms with van der Waals surface area (Å²) in [6, 6.07) is 1.31. The van der Waals surface area contributed by atoms with Gasteiger partial charge in [-0.2, -0.15) is 0 Å². The van der Waals surface area contributed by atoms with Crippen LogP contribution < -0.4 is 5.32 Å². The van der Waals surface area contributed by atoms with E-state index in [1.807, 2.05) is 0 Å². The molecule has 2 atom stereocenters. The van der Waals surface area contributed by atoms with Crippen molar-refractivity contribution in [2.45, 2.75) is 31.7 Å². The standard InChI is InChI=1S/C16H18F2N2O3/c17-10-6-12-11(13(18)7-10)2-1-3-14(12)19-16(23)20-5-4-9(8-20)15(21)22/h6-7,9,14H,1-5,8H2,(H,19,23)(H,21,22)/t9?,14-/m1/s1. The number of halogens is 2. The van der Waals surface area contributed by atoms with Crippen LogP contribution in [0.25, 0.3) is 0 Å². The van der Waals surface area contributed by atoms with Crippen LogP contribution in [0.4, 0.5) is 13.6 Å². The Morgan fingerprint density at radius 2 is 2.04 bits per heavy atom. The van der Waals surface area contributed by atoms with Crippen molar-refractivity contribution in [3.05, 3.63) is 34.9 Å². The maximum atomic E-state index is 13.9. The van der Waals surface area contributed by atoms with E-state index in [0.29, 0.717) is 43.4 Å². The van der Waals surface area contributed by atoms with Gasteiger partial charge in [-0.1, -0.05) is 0 Å². The summed E-state index contributed by atoms with van der Waals surface area (Å²) in [6.07, 6.45) is 2.27. The van der Waals surface area contributed by atoms with Crippen molar-refractivity contribution in [1.29, 1.82) is 0 Å². The van der Waals surface area contributed by atoms with Gasteiger partial charge >= 0.3 is 12.0 Å². The summed E-state index contributed by atoms with van der Waals surface area (Å²) in [4.78, 5) is 24.7. The predicted octanol–water partition coefficient (Wildman–Crippen LogP) is 2.46. The van der Waals surface area contributed by atoms with Gasteiger partial charge in [0.25, 0.3) is 0 Å². The van der Waals surface area contributed by atoms with Crippen LogP contribution in [0.2, 0.25) is 0 Å². The fourth-order valence-electron chi connectivity index (χ4n) is 3.37. The van der Waals surface area contributed by atoms with E-state index in [1.165, 1.54) is 11.0 Å². The normalized spacial score (nSPS) is 23.5. The number of urea groups is 1. The first kappa shape index (κ1) is 15.7. The minimum atomic E-state index is -0.910. The molecule has 7 heteroatoms. The summed E-state index contributed by atoms with van der Waals surface area (Å²) in [5.41, 5.74) is 0.934. The van der Waals surface area contributed by atoms with E-state index in [9.17, 15) is 18.4 Å². The fraction of sp³-hybridized carbons (Fsp3) is 0.500. The molecule has 3 rings (SSSR count). The molecule has 124 valence electrons. The van der Waals surface area contributed by atoms with Crippen LogP contribution in [-0.2, 0) is 11.2 Å². The maximum Gasteiger partial charge on any atom is 0.317 e. The summed E-state index contributed by atoms with van der Waals surface area (Å²) in [7, 11) is 0. The molecule has 1 fully saturated rings. The number of hydrogen-bond acceptors (Lipinski definition) is 2. The molecule has 0 saturated carbocycles. The molecule has 0 aromatic heterocycles. The van der Waals surface area contributed by atoms with Crippen LogP contribution in [0.15, 0.2) is 12.1 Å². The van der Waals surface area contributed by atoms with Crippen molar-refractivity contribution in [3.8, 4) is 0 Å². The highest BCUT2D eigenvalue weighted by Crippen LogP contribution is 2.32. The number of amides is 2. The number of likely N-dealkylation sites (tertiary alicyclic amines) is 1. The molecule has 1 saturated heterocycles. The number of carboxylic acids is 1. The number of benzene rings is 1. The second kappa shape index (κ2) is 6.14. The van der Waals surface area contributed by atoms with Gasteiger partial charge in [0.15, 0.2) is 0 Å². The van der Waals surface area contributed by atoms with Gasteiger partial charge in [-0.3, -0.25) is 4.79 Å². The SMILES string of the molecule is O=C(O)C1CCN(C(=O)N[C@@H]2CCCc3c(F)cc(F)cc32)C1. The molecule has 2 amide bonds. The molecule has 0 bridgehead atoms. The number of fused-ring (bicyclic) bond motifs is 1. The Kier molecular flexibility index (Phi) is 4.19. The quantitative estimate of drug-likeness (QED) is 0.878. The number of aliphatic carboxylic acids is 1. The van der Waals surface area contributed by atoms with E-state index >= 15 is 0 Å². The molecule has 0 radical (unpaired) electrons. The maximum absolute atomic E-state index is 13.9. The van der Waals surface area contributed by atoms with Crippen molar-refractivity contribution in [3.63, 3.8) is 0 Å². The van der Waals surface area contributed by atoms with Crippen LogP contribution in [0.3, 0.4) is 0 Å². The smallest absolute Gasteiger partial charge is 0.317 e. The Labute approximate surface area is 132 Å². The average molecular weight is 324 g/mol. The topological polar surface area (TPSA) is 69.6 Å². The number of nitrogens with one attached hydrogen (secondary N) is 1. The molecule has 2 N–H and O–H groups in total. The molecular weight excluding hydrogens is 306 g/mol. The third kappa shape index (κ3) is 3.13. The van der Waals surface area contributed by atoms with Crippen molar-refractivity contribution >= 4 is 12.0 Å². The minimum Gasteiger partial charge on any atom is -0.481 e. The largest absolute Gasteiger partial charge is 0.481 e. The van der Waals surface area contributed by atoms with Crippen LogP contribution in [0.5, 0.6) is 0 Å². The lowest BCUT2D eigenvalue weighted by molar-refractivity contribution is -0.141. The van der Waals surface area contributed by atoms with Gasteiger partial charge < -0.3 is 15.3 Å². The van der Waals surface area contributed by atoms with Crippen LogP contribution >= 0.6 is 0 Å². The van der Waals surface area contributed by atoms with Gasteiger partial charge in [0, 0.05) is 19.2 Å². The van der Waals surface area contributed by atoms with Crippen LogP contribution in [0, 0.1) is 17.6 Å². The van der Waals surface area contributed by atoms with E-state index in [0.717, 1.165) is 6.07 Å². The molecule has 2 aliphatic rings. The molecular formula is C16H18F2N2O3. The summed E-state index contributed by atoms with van der Waals surface area (Å²) >= 11 is 0. The molecule has 1 unspecified atom stereocenters. The second-order valence-electron chi connectivity index (χ2n) is 6.12. The summed E-state index contributed by atoms with van der Waals surface area (Å²) in [6.45, 7) is 0.540. The van der Waals surface area contributed by atoms with Gasteiger partial charge in [-0.25, -0.2) is 13.6 Å². The number of carbonyl (C=O) groups excluding carboxylic acids is 1. The molecule has 1 aliphatic carbocycles. The zero-order valence-electron chi connectivity index (χ0n) is 12.5. The zero-order chi connectivity index (χ0) is 16.6. The van der Waals surface area contributed by atoms with Gasteiger partial charge in [0.05, 0.1) is 12.0 Å². The van der Waals surface area contributed by atoms with Gasteiger partial charge in [-0.15, -0.1) is 0 Å². The van der Waals surface area contributed by atoms with E-state index in [1.54, 1.807) is 0 Å². The summed E-state index contributed by atoms with van der Waals surface area (Å²) in [5, 5.41) is 11.8. The van der Waals surface area contributed by atoms with Crippen LogP contribution in [-0.4, -0.2) is 35.1 Å². The number of nitrogens with zero attached hydrogens (tertiary/aromatic N) is 1. The number of carboxylic acid groups (broad SMARTS) is 1. The Hall–Kier alpha value is -2.18. The number of carbonyl (C=O) groups is 2. The third-order valence-electron chi connectivity index (χ3n) is 4.61. The number of rotatable bonds is 2. The number of hydrogen-bond donors (Lipinski definition) is 2. The molecule has 1 aromatic rings. The highest BCUT2D eigenvalue weighted by atomic mass is 19.1. The Morgan fingerprint density at radius 3 is 2.74 bits per heavy atom. The average Bonchev–Trinajstić information content (AvgIpc) is 2.98. The van der Waals surface area contributed by atoms with Crippen molar-refractivity contribution in [1.82, 2.24) is 10.2 Å². The highest BCUT2D eigenvalue weighted by molar-refractivity contribution is 5.77. The lowest BCUT2D eigenvalue weighted by Gasteiger charge is -2.28. The third-order valence-corrected chi connectivity index (χ3v) is 4.61. The molecule has 23 heavy (non-hydrogen) atoms. The summed E-state index contributed by atoms with van der Waals surface area (Å²) in [5.74, 6) is -2.69. The van der Waals surface area contributed by atoms with Crippen molar-refractivity contribution < 1.29 is 23.5 Å². The zero-order valence-corrected chi connectivity index (χ0v) is 12.5. The van der Waals surface area contributed by atoms with Gasteiger partial charge in [-0.05, 0) is 42.9 Å². The summed E-state index contributed by atoms with van der Waals surface area (Å²) < 4.78 is 27.3. The van der Waals surface area contributed by atoms with Crippen LogP contribution in [0.1, 0.15) is 36.4 Å². The Balaban J connectivity index is 1.73. The first-order chi connectivity index (χ1) is 11.0. The minimum absolute atomic E-state index is 0.165. The highest BCUT2D eigenvalue weighted by Gasteiger charge is 2.33. The van der Waals surface area contributed by atoms with Crippen molar-refractivity contribution in [2.24, 2.45) is 5.92 Å². The van der Waals surface area contributed by atoms with Gasteiger partial charge in [0.1, 0.15) is 11.6 Å². The lowest BCUT2D eigenvalue weighted by atomic mass is 9.87. The first-order valence-electron chi connectivity index (χ1n) is 7.71. The monoisotopic (exact) mass is 324 g/mol. The molecule has 1 aliphatic heterocycles. The fourth-order valence-corrected chi connectivity index (χ4v) is 3.37. The first-order valence-corrected chi connectivity index (χ1v) is 7.71. The van der Waals surface area contributed by atoms with E-state index < -0.39 is 29.6 Å². The van der Waals surface area contributed by atoms with E-state index in [4.69, 9.17) is 5.11 Å². The Morgan fingerprint density at radius 1 is 1.26 bits per heavy atom. The Bertz CT molecular complexity index is 650. The molecule has 1 heterocycles. The van der Waals surface area contributed by atoms with Crippen molar-refractivity contribution in [2.75, 3.05) is 13.1 Å². The molecule has 1 aromatic carbocycles. The van der Waals surface area contributed by atoms with E-state index in [2.05, 4.69) is 5.32 Å². The van der Waals surface area contributed by atoms with E-state index in [-0.39, 0.29) is 12.6 Å². The molecule has 0 spiro atoms. The predicted molar refractivity (Wildman–Crippen MR) is 77.9 cm³/mol. The van der Waals surface area contributed by atoms with Gasteiger partial charge in [0.2, 0.25) is 0 Å². The second-order valence-corrected chi connectivity index (χ2v) is 6.12. The molecule has 5 nitrogen and oxygen atoms in total.